The molecule has 2 aromatic carbocycles. The first kappa shape index (κ1) is 17.1. The van der Waals surface area contributed by atoms with Crippen molar-refractivity contribution in [3.05, 3.63) is 63.6 Å². The van der Waals surface area contributed by atoms with Gasteiger partial charge >= 0.3 is 0 Å². The quantitative estimate of drug-likeness (QED) is 0.724. The normalized spacial score (nSPS) is 12.2. The van der Waals surface area contributed by atoms with E-state index >= 15 is 0 Å². The highest BCUT2D eigenvalue weighted by molar-refractivity contribution is 6.42. The van der Waals surface area contributed by atoms with Crippen molar-refractivity contribution in [2.45, 2.75) is 39.5 Å². The van der Waals surface area contributed by atoms with Crippen LogP contribution < -0.4 is 10.1 Å². The molecular weight excluding hydrogens is 317 g/mol. The lowest BCUT2D eigenvalue weighted by Crippen LogP contribution is -2.24. The predicted octanol–water partition coefficient (Wildman–Crippen LogP) is 5.46. The van der Waals surface area contributed by atoms with Crippen molar-refractivity contribution in [2.24, 2.45) is 0 Å². The maximum Gasteiger partial charge on any atom is 0.120 e. The molecule has 0 aliphatic rings. The molecular formula is C18H21Cl2NO. The molecule has 0 bridgehead atoms. The largest absolute Gasteiger partial charge is 0.489 e. The van der Waals surface area contributed by atoms with Gasteiger partial charge in [-0.15, -0.1) is 0 Å². The van der Waals surface area contributed by atoms with Crippen molar-refractivity contribution < 1.29 is 4.74 Å². The molecule has 4 heteroatoms. The summed E-state index contributed by atoms with van der Waals surface area (Å²) in [6.07, 6.45) is 1.12. The van der Waals surface area contributed by atoms with Gasteiger partial charge in [0.1, 0.15) is 12.4 Å². The second-order valence-electron chi connectivity index (χ2n) is 5.37. The molecule has 0 heterocycles. The summed E-state index contributed by atoms with van der Waals surface area (Å²) in [5.41, 5.74) is 2.21. The Morgan fingerprint density at radius 3 is 2.59 bits per heavy atom. The van der Waals surface area contributed by atoms with Crippen LogP contribution in [0, 0.1) is 0 Å². The lowest BCUT2D eigenvalue weighted by atomic mass is 10.2. The number of hydrogen-bond donors (Lipinski definition) is 1. The molecule has 0 aliphatic heterocycles. The molecule has 0 aromatic heterocycles. The van der Waals surface area contributed by atoms with E-state index in [4.69, 9.17) is 27.9 Å². The van der Waals surface area contributed by atoms with E-state index < -0.39 is 0 Å². The van der Waals surface area contributed by atoms with Crippen LogP contribution in [0.2, 0.25) is 10.0 Å². The topological polar surface area (TPSA) is 21.3 Å². The summed E-state index contributed by atoms with van der Waals surface area (Å²) in [6.45, 7) is 5.68. The van der Waals surface area contributed by atoms with Crippen molar-refractivity contribution in [3.8, 4) is 5.75 Å². The Morgan fingerprint density at radius 2 is 1.86 bits per heavy atom. The number of nitrogens with one attached hydrogen (secondary N) is 1. The van der Waals surface area contributed by atoms with Crippen LogP contribution in [0.4, 0.5) is 0 Å². The van der Waals surface area contributed by atoms with Crippen LogP contribution in [0.1, 0.15) is 31.4 Å². The van der Waals surface area contributed by atoms with Crippen molar-refractivity contribution in [1.82, 2.24) is 5.32 Å². The Hall–Kier alpha value is -1.22. The summed E-state index contributed by atoms with van der Waals surface area (Å²) in [6, 6.07) is 14.2. The van der Waals surface area contributed by atoms with Gasteiger partial charge in [0.2, 0.25) is 0 Å². The molecule has 2 rings (SSSR count). The summed E-state index contributed by atoms with van der Waals surface area (Å²) in [5, 5.41) is 4.58. The minimum atomic E-state index is 0.471. The Balaban J connectivity index is 1.93. The fraction of sp³-hybridized carbons (Fsp3) is 0.333. The minimum Gasteiger partial charge on any atom is -0.489 e. The summed E-state index contributed by atoms with van der Waals surface area (Å²) in [4.78, 5) is 0. The second-order valence-corrected chi connectivity index (χ2v) is 6.19. The van der Waals surface area contributed by atoms with Crippen LogP contribution in [0.25, 0.3) is 0 Å². The average Bonchev–Trinajstić information content (AvgIpc) is 2.54. The highest BCUT2D eigenvalue weighted by atomic mass is 35.5. The number of halogens is 2. The molecule has 0 saturated heterocycles. The highest BCUT2D eigenvalue weighted by Gasteiger charge is 2.03. The molecule has 0 amide bonds. The van der Waals surface area contributed by atoms with Crippen LogP contribution in [-0.4, -0.2) is 6.04 Å². The van der Waals surface area contributed by atoms with Gasteiger partial charge in [-0.25, -0.2) is 0 Å². The SMILES string of the molecule is CC[C@@H](C)NCc1cccc(OCc2ccc(Cl)c(Cl)c2)c1. The second kappa shape index (κ2) is 8.42. The lowest BCUT2D eigenvalue weighted by Gasteiger charge is -2.12. The van der Waals surface area contributed by atoms with Crippen molar-refractivity contribution in [1.29, 1.82) is 0 Å². The predicted molar refractivity (Wildman–Crippen MR) is 93.8 cm³/mol. The Kier molecular flexibility index (Phi) is 6.56. The van der Waals surface area contributed by atoms with Gasteiger partial charge in [0, 0.05) is 12.6 Å². The van der Waals surface area contributed by atoms with Crippen molar-refractivity contribution >= 4 is 23.2 Å². The summed E-state index contributed by atoms with van der Waals surface area (Å²) >= 11 is 11.9. The number of hydrogen-bond acceptors (Lipinski definition) is 2. The van der Waals surface area contributed by atoms with Crippen LogP contribution in [0.15, 0.2) is 42.5 Å². The van der Waals surface area contributed by atoms with Gasteiger partial charge in [0.15, 0.2) is 0 Å². The van der Waals surface area contributed by atoms with E-state index in [2.05, 4.69) is 31.3 Å². The maximum atomic E-state index is 6.01. The van der Waals surface area contributed by atoms with E-state index in [1.165, 1.54) is 5.56 Å². The van der Waals surface area contributed by atoms with E-state index in [-0.39, 0.29) is 0 Å². The third-order valence-corrected chi connectivity index (χ3v) is 4.29. The first-order chi connectivity index (χ1) is 10.6. The zero-order chi connectivity index (χ0) is 15.9. The van der Waals surface area contributed by atoms with E-state index in [1.54, 1.807) is 6.07 Å². The maximum absolute atomic E-state index is 6.01. The van der Waals surface area contributed by atoms with Gasteiger partial charge in [0.25, 0.3) is 0 Å². The number of rotatable bonds is 7. The monoisotopic (exact) mass is 337 g/mol. The van der Waals surface area contributed by atoms with Crippen LogP contribution in [-0.2, 0) is 13.2 Å². The number of benzene rings is 2. The molecule has 2 aromatic rings. The van der Waals surface area contributed by atoms with Gasteiger partial charge in [-0.2, -0.15) is 0 Å². The summed E-state index contributed by atoms with van der Waals surface area (Å²) < 4.78 is 5.83. The standard InChI is InChI=1S/C18H21Cl2NO/c1-3-13(2)21-11-14-5-4-6-16(9-14)22-12-15-7-8-17(19)18(20)10-15/h4-10,13,21H,3,11-12H2,1-2H3/t13-/m1/s1. The summed E-state index contributed by atoms with van der Waals surface area (Å²) in [7, 11) is 0. The fourth-order valence-electron chi connectivity index (χ4n) is 1.98. The number of ether oxygens (including phenoxy) is 1. The highest BCUT2D eigenvalue weighted by Crippen LogP contribution is 2.23. The fourth-order valence-corrected chi connectivity index (χ4v) is 2.30. The minimum absolute atomic E-state index is 0.471. The zero-order valence-corrected chi connectivity index (χ0v) is 14.4. The third-order valence-electron chi connectivity index (χ3n) is 3.55. The molecule has 0 radical (unpaired) electrons. The zero-order valence-electron chi connectivity index (χ0n) is 12.9. The van der Waals surface area contributed by atoms with Gasteiger partial charge in [-0.3, -0.25) is 0 Å². The molecule has 22 heavy (non-hydrogen) atoms. The summed E-state index contributed by atoms with van der Waals surface area (Å²) in [5.74, 6) is 0.856. The Labute approximate surface area is 142 Å². The molecule has 1 atom stereocenters. The van der Waals surface area contributed by atoms with Gasteiger partial charge < -0.3 is 10.1 Å². The Morgan fingerprint density at radius 1 is 1.05 bits per heavy atom. The molecule has 118 valence electrons. The van der Waals surface area contributed by atoms with E-state index in [9.17, 15) is 0 Å². The average molecular weight is 338 g/mol. The van der Waals surface area contributed by atoms with Crippen LogP contribution in [0.5, 0.6) is 5.75 Å². The van der Waals surface area contributed by atoms with Crippen molar-refractivity contribution in [3.63, 3.8) is 0 Å². The molecule has 0 fully saturated rings. The first-order valence-corrected chi connectivity index (χ1v) is 8.23. The first-order valence-electron chi connectivity index (χ1n) is 7.47. The smallest absolute Gasteiger partial charge is 0.120 e. The third kappa shape index (κ3) is 5.20. The van der Waals surface area contributed by atoms with Gasteiger partial charge in [-0.05, 0) is 48.7 Å². The lowest BCUT2D eigenvalue weighted by molar-refractivity contribution is 0.306. The molecule has 0 saturated carbocycles. The molecule has 1 N–H and O–H groups in total. The van der Waals surface area contributed by atoms with E-state index in [0.717, 1.165) is 24.3 Å². The van der Waals surface area contributed by atoms with Gasteiger partial charge in [-0.1, -0.05) is 48.3 Å². The molecule has 0 aliphatic carbocycles. The van der Waals surface area contributed by atoms with Crippen LogP contribution >= 0.6 is 23.2 Å². The van der Waals surface area contributed by atoms with Crippen LogP contribution in [0.3, 0.4) is 0 Å². The molecule has 2 nitrogen and oxygen atoms in total. The molecule has 0 spiro atoms. The van der Waals surface area contributed by atoms with E-state index in [0.29, 0.717) is 22.7 Å². The van der Waals surface area contributed by atoms with E-state index in [1.807, 2.05) is 24.3 Å². The van der Waals surface area contributed by atoms with Gasteiger partial charge in [0.05, 0.1) is 10.0 Å². The van der Waals surface area contributed by atoms with Crippen molar-refractivity contribution in [2.75, 3.05) is 0 Å². The Bertz CT molecular complexity index is 616. The molecule has 0 unspecified atom stereocenters.